The van der Waals surface area contributed by atoms with Gasteiger partial charge in [-0.2, -0.15) is 0 Å². The first-order valence-electron chi connectivity index (χ1n) is 13.0. The average molecular weight is 412 g/mol. The Balaban J connectivity index is 1.49. The van der Waals surface area contributed by atoms with Crippen molar-refractivity contribution < 1.29 is 0 Å². The summed E-state index contributed by atoms with van der Waals surface area (Å²) >= 11 is 0. The summed E-state index contributed by atoms with van der Waals surface area (Å²) < 4.78 is 0. The van der Waals surface area contributed by atoms with Crippen LogP contribution in [-0.2, 0) is 0 Å². The number of allylic oxidation sites excluding steroid dienone is 1. The average Bonchev–Trinajstić information content (AvgIpc) is 3.05. The third-order valence-electron chi connectivity index (χ3n) is 10.5. The van der Waals surface area contributed by atoms with Gasteiger partial charge in [0, 0.05) is 11.0 Å². The molecule has 168 valence electrons. The van der Waals surface area contributed by atoms with Gasteiger partial charge in [-0.25, -0.2) is 0 Å². The Bertz CT molecular complexity index is 705. The Hall–Kier alpha value is -0.950. The second-order valence-corrected chi connectivity index (χ2v) is 12.4. The van der Waals surface area contributed by atoms with E-state index in [0.717, 1.165) is 48.3 Å². The fraction of sp³-hybridized carbons (Fsp3) is 0.926. The van der Waals surface area contributed by atoms with E-state index in [9.17, 15) is 0 Å². The van der Waals surface area contributed by atoms with Crippen LogP contribution >= 0.6 is 0 Å². The van der Waals surface area contributed by atoms with Gasteiger partial charge in [-0.05, 0) is 103 Å². The second-order valence-electron chi connectivity index (χ2n) is 12.4. The van der Waals surface area contributed by atoms with Crippen LogP contribution in [0.4, 0.5) is 0 Å². The zero-order chi connectivity index (χ0) is 21.5. The zero-order valence-electron chi connectivity index (χ0n) is 20.2. The summed E-state index contributed by atoms with van der Waals surface area (Å²) in [6, 6.07) is 0.197. The van der Waals surface area contributed by atoms with Gasteiger partial charge >= 0.3 is 0 Å². The summed E-state index contributed by atoms with van der Waals surface area (Å²) in [6.07, 6.45) is 17.3. The molecule has 0 aromatic heterocycles. The molecule has 3 nitrogen and oxygen atoms in total. The number of nitrogens with zero attached hydrogens (tertiary/aromatic N) is 3. The maximum Gasteiger partial charge on any atom is 0.0411 e. The second kappa shape index (κ2) is 8.53. The number of rotatable bonds is 6. The fourth-order valence-corrected chi connectivity index (χ4v) is 8.84. The summed E-state index contributed by atoms with van der Waals surface area (Å²) in [5, 5.41) is 4.08. The molecular weight excluding hydrogens is 366 g/mol. The van der Waals surface area contributed by atoms with E-state index in [1.54, 1.807) is 5.57 Å². The van der Waals surface area contributed by atoms with Gasteiger partial charge < -0.3 is 0 Å². The van der Waals surface area contributed by atoms with Gasteiger partial charge in [0.2, 0.25) is 0 Å². The van der Waals surface area contributed by atoms with E-state index in [0.29, 0.717) is 10.8 Å². The molecule has 8 unspecified atom stereocenters. The van der Waals surface area contributed by atoms with E-state index in [1.165, 1.54) is 57.8 Å². The highest BCUT2D eigenvalue weighted by molar-refractivity contribution is 5.26. The highest BCUT2D eigenvalue weighted by Crippen LogP contribution is 2.67. The molecule has 0 N–H and O–H groups in total. The lowest BCUT2D eigenvalue weighted by Gasteiger charge is -2.58. The number of fused-ring (bicyclic) bond motifs is 5. The number of hydrogen-bond donors (Lipinski definition) is 0. The predicted molar refractivity (Wildman–Crippen MR) is 126 cm³/mol. The molecule has 0 radical (unpaired) electrons. The van der Waals surface area contributed by atoms with E-state index >= 15 is 0 Å². The van der Waals surface area contributed by atoms with Crippen molar-refractivity contribution in [2.24, 2.45) is 51.5 Å². The summed E-state index contributed by atoms with van der Waals surface area (Å²) in [4.78, 5) is 3.11. The minimum absolute atomic E-state index is 0.197. The third-order valence-corrected chi connectivity index (χ3v) is 10.5. The standard InChI is InChI=1S/C27H45N3/c1-18(2)7-6-8-19(3)23-11-12-24-22-10-9-20-17-21(29-30-28)13-15-26(20,4)25(22)14-16-27(23,24)5/h9,18-19,21-25H,6-8,10-17H2,1-5H3. The normalized spacial score (nSPS) is 43.8. The molecule has 8 atom stereocenters. The Morgan fingerprint density at radius 1 is 1.07 bits per heavy atom. The lowest BCUT2D eigenvalue weighted by atomic mass is 9.47. The van der Waals surface area contributed by atoms with E-state index in [4.69, 9.17) is 5.53 Å². The SMILES string of the molecule is CC(C)CCCC(C)C1CCC2C3CC=C4CC(N=[N+]=[N-])CCC4(C)C3CCC12C. The van der Waals surface area contributed by atoms with Crippen molar-refractivity contribution in [3.05, 3.63) is 22.1 Å². The van der Waals surface area contributed by atoms with E-state index in [1.807, 2.05) is 0 Å². The maximum atomic E-state index is 8.89. The highest BCUT2D eigenvalue weighted by atomic mass is 15.1. The van der Waals surface area contributed by atoms with Crippen LogP contribution in [0.15, 0.2) is 16.8 Å². The van der Waals surface area contributed by atoms with E-state index < -0.39 is 0 Å². The monoisotopic (exact) mass is 411 g/mol. The Labute approximate surface area is 185 Å². The molecule has 0 saturated heterocycles. The van der Waals surface area contributed by atoms with Crippen LogP contribution in [0, 0.1) is 46.3 Å². The van der Waals surface area contributed by atoms with Gasteiger partial charge in [-0.3, -0.25) is 0 Å². The molecule has 3 saturated carbocycles. The van der Waals surface area contributed by atoms with Crippen molar-refractivity contribution in [1.82, 2.24) is 0 Å². The molecule has 0 amide bonds. The topological polar surface area (TPSA) is 48.8 Å². The molecule has 0 aliphatic heterocycles. The first kappa shape index (κ1) is 22.3. The quantitative estimate of drug-likeness (QED) is 0.182. The van der Waals surface area contributed by atoms with Crippen LogP contribution in [0.1, 0.15) is 105 Å². The van der Waals surface area contributed by atoms with Crippen molar-refractivity contribution in [1.29, 1.82) is 0 Å². The Kier molecular flexibility index (Phi) is 6.33. The number of hydrogen-bond acceptors (Lipinski definition) is 1. The molecule has 30 heavy (non-hydrogen) atoms. The molecule has 0 heterocycles. The van der Waals surface area contributed by atoms with Crippen molar-refractivity contribution in [2.45, 2.75) is 111 Å². The molecule has 0 aromatic carbocycles. The Morgan fingerprint density at radius 3 is 2.60 bits per heavy atom. The predicted octanol–water partition coefficient (Wildman–Crippen LogP) is 8.71. The maximum absolute atomic E-state index is 8.89. The van der Waals surface area contributed by atoms with Crippen molar-refractivity contribution in [2.75, 3.05) is 0 Å². The molecule has 0 bridgehead atoms. The minimum Gasteiger partial charge on any atom is -0.0903 e. The summed E-state index contributed by atoms with van der Waals surface area (Å²) in [7, 11) is 0. The molecule has 4 aliphatic rings. The van der Waals surface area contributed by atoms with Crippen LogP contribution in [0.2, 0.25) is 0 Å². The molecular formula is C27H45N3. The molecule has 0 aromatic rings. The molecule has 3 heteroatoms. The van der Waals surface area contributed by atoms with Gasteiger partial charge in [-0.15, -0.1) is 0 Å². The van der Waals surface area contributed by atoms with Crippen LogP contribution in [-0.4, -0.2) is 6.04 Å². The summed E-state index contributed by atoms with van der Waals surface area (Å²) in [5.74, 6) is 5.35. The third kappa shape index (κ3) is 3.74. The number of azide groups is 1. The first-order valence-corrected chi connectivity index (χ1v) is 13.0. The summed E-state index contributed by atoms with van der Waals surface area (Å²) in [5.41, 5.74) is 11.5. The van der Waals surface area contributed by atoms with Gasteiger partial charge in [0.15, 0.2) is 0 Å². The van der Waals surface area contributed by atoms with Crippen LogP contribution in [0.3, 0.4) is 0 Å². The van der Waals surface area contributed by atoms with Gasteiger partial charge in [0.05, 0.1) is 0 Å². The van der Waals surface area contributed by atoms with Gasteiger partial charge in [0.1, 0.15) is 0 Å². The smallest absolute Gasteiger partial charge is 0.0411 e. The van der Waals surface area contributed by atoms with Crippen LogP contribution in [0.5, 0.6) is 0 Å². The van der Waals surface area contributed by atoms with Crippen molar-refractivity contribution >= 4 is 0 Å². The molecule has 3 fully saturated rings. The zero-order valence-corrected chi connectivity index (χ0v) is 20.2. The molecule has 4 rings (SSSR count). The van der Waals surface area contributed by atoms with Gasteiger partial charge in [0.25, 0.3) is 0 Å². The Morgan fingerprint density at radius 2 is 1.87 bits per heavy atom. The van der Waals surface area contributed by atoms with Gasteiger partial charge in [-0.1, -0.05) is 70.6 Å². The first-order chi connectivity index (χ1) is 14.3. The van der Waals surface area contributed by atoms with Crippen LogP contribution < -0.4 is 0 Å². The van der Waals surface area contributed by atoms with E-state index in [-0.39, 0.29) is 6.04 Å². The van der Waals surface area contributed by atoms with Crippen molar-refractivity contribution in [3.63, 3.8) is 0 Å². The lowest BCUT2D eigenvalue weighted by Crippen LogP contribution is -2.50. The molecule has 0 spiro atoms. The van der Waals surface area contributed by atoms with Crippen LogP contribution in [0.25, 0.3) is 10.4 Å². The lowest BCUT2D eigenvalue weighted by molar-refractivity contribution is -0.0508. The largest absolute Gasteiger partial charge is 0.0903 e. The van der Waals surface area contributed by atoms with Crippen molar-refractivity contribution in [3.8, 4) is 0 Å². The minimum atomic E-state index is 0.197. The highest BCUT2D eigenvalue weighted by Gasteiger charge is 2.59. The van der Waals surface area contributed by atoms with E-state index in [2.05, 4.69) is 50.7 Å². The fourth-order valence-electron chi connectivity index (χ4n) is 8.84. The summed E-state index contributed by atoms with van der Waals surface area (Å²) in [6.45, 7) is 12.5. The molecule has 4 aliphatic carbocycles.